The monoisotopic (exact) mass is 161 g/mol. The van der Waals surface area contributed by atoms with Gasteiger partial charge in [0, 0.05) is 6.54 Å². The normalized spacial score (nSPS) is 12.6. The van der Waals surface area contributed by atoms with E-state index < -0.39 is 6.04 Å². The molecule has 4 nitrogen and oxygen atoms in total. The topological polar surface area (TPSA) is 75.4 Å². The smallest absolute Gasteiger partial charge is 0.239 e. The molecule has 0 unspecified atom stereocenters. The van der Waals surface area contributed by atoms with Crippen LogP contribution in [0.4, 0.5) is 0 Å². The van der Waals surface area contributed by atoms with Crippen molar-refractivity contribution in [3.8, 4) is 0 Å². The van der Waals surface area contributed by atoms with E-state index in [1.807, 2.05) is 6.92 Å². The Morgan fingerprint density at radius 2 is 2.36 bits per heavy atom. The van der Waals surface area contributed by atoms with Crippen LogP contribution < -0.4 is 11.1 Å². The predicted octanol–water partition coefficient (Wildman–Crippen LogP) is -0.778. The van der Waals surface area contributed by atoms with E-state index in [2.05, 4.69) is 5.32 Å². The fourth-order valence-electron chi connectivity index (χ4n) is 0.602. The summed E-state index contributed by atoms with van der Waals surface area (Å²) in [6.07, 6.45) is 1.98. The summed E-state index contributed by atoms with van der Waals surface area (Å²) in [5, 5.41) is 11.1. The zero-order valence-electron chi connectivity index (χ0n) is 6.84. The Morgan fingerprint density at radius 3 is 2.82 bits per heavy atom. The van der Waals surface area contributed by atoms with E-state index in [0.717, 1.165) is 12.8 Å². The molecule has 0 radical (unpaired) electrons. The van der Waals surface area contributed by atoms with Crippen molar-refractivity contribution in [2.24, 2.45) is 5.73 Å². The highest BCUT2D eigenvalue weighted by Crippen LogP contribution is 1.83. The molecule has 0 aromatic heterocycles. The quantitative estimate of drug-likeness (QED) is 0.463. The van der Waals surface area contributed by atoms with E-state index >= 15 is 0 Å². The molecule has 4 heteroatoms. The van der Waals surface area contributed by atoms with E-state index in [9.17, 15) is 4.79 Å². The molecule has 1 amide bonds. The van der Waals surface area contributed by atoms with Gasteiger partial charge in [0.1, 0.15) is 6.04 Å². The summed E-state index contributed by atoms with van der Waals surface area (Å²) in [6, 6.07) is -0.771. The predicted molar refractivity (Wildman–Crippen MR) is 43.0 cm³/mol. The number of aliphatic hydroxyl groups excluding tert-OH is 1. The van der Waals surface area contributed by atoms with Crippen molar-refractivity contribution in [2.75, 3.05) is 13.2 Å². The number of nitrogens with two attached hydrogens (primary N) is 1. The number of aliphatic hydroxyl groups is 1. The van der Waals surface area contributed by atoms with Crippen LogP contribution in [0.3, 0.4) is 0 Å². The van der Waals surface area contributed by atoms with E-state index in [-0.39, 0.29) is 12.5 Å². The third kappa shape index (κ3) is 4.75. The number of carbonyl (C=O) groups excluding carboxylic acids is 1. The standard InChI is InChI=1S/C7H16N2O2/c1-2-3-4-9-7(11)6(8)5-10/h6,10H,2-5,8H2,1H3,(H,9,11)/t6-/m0/s1/i11+1. The second-order valence-electron chi connectivity index (χ2n) is 2.43. The highest BCUT2D eigenvalue weighted by atomic mass is 17.1. The van der Waals surface area contributed by atoms with Crippen LogP contribution in [0.5, 0.6) is 0 Å². The van der Waals surface area contributed by atoms with Gasteiger partial charge in [-0.1, -0.05) is 13.3 Å². The zero-order chi connectivity index (χ0) is 8.69. The SMILES string of the molecule is CCCCNC(=[17O])[C@@H](N)CO. The third-order valence-corrected chi connectivity index (χ3v) is 1.36. The largest absolute Gasteiger partial charge is 0.394 e. The molecule has 11 heavy (non-hydrogen) atoms. The Bertz CT molecular complexity index is 117. The minimum absolute atomic E-state index is 0.277. The van der Waals surface area contributed by atoms with E-state index in [1.54, 1.807) is 0 Å². The van der Waals surface area contributed by atoms with E-state index in [4.69, 9.17) is 10.8 Å². The number of carbonyl (C=O) groups is 1. The van der Waals surface area contributed by atoms with E-state index in [0.29, 0.717) is 6.54 Å². The molecular formula is C7H16N2O2. The number of unbranched alkanes of at least 4 members (excludes halogenated alkanes) is 1. The molecule has 66 valence electrons. The molecule has 1 atom stereocenters. The van der Waals surface area contributed by atoms with Crippen molar-refractivity contribution in [3.63, 3.8) is 0 Å². The second kappa shape index (κ2) is 6.12. The Labute approximate surface area is 66.8 Å². The van der Waals surface area contributed by atoms with Crippen LogP contribution >= 0.6 is 0 Å². The minimum atomic E-state index is -0.771. The lowest BCUT2D eigenvalue weighted by Gasteiger charge is -2.08. The van der Waals surface area contributed by atoms with E-state index in [1.165, 1.54) is 0 Å². The summed E-state index contributed by atoms with van der Waals surface area (Å²) in [5.74, 6) is -0.277. The summed E-state index contributed by atoms with van der Waals surface area (Å²) in [6.45, 7) is 2.39. The summed E-state index contributed by atoms with van der Waals surface area (Å²) in [4.78, 5) is 10.9. The molecule has 0 aliphatic heterocycles. The molecule has 0 aliphatic rings. The van der Waals surface area contributed by atoms with Crippen LogP contribution in [-0.4, -0.2) is 30.2 Å². The van der Waals surface area contributed by atoms with Crippen molar-refractivity contribution >= 4 is 5.91 Å². The first kappa shape index (κ1) is 10.4. The maximum absolute atomic E-state index is 10.9. The lowest BCUT2D eigenvalue weighted by atomic mass is 10.3. The van der Waals surface area contributed by atoms with Gasteiger partial charge in [0.15, 0.2) is 0 Å². The summed E-state index contributed by atoms with van der Waals surface area (Å²) >= 11 is 0. The lowest BCUT2D eigenvalue weighted by Crippen LogP contribution is -2.43. The molecule has 0 aromatic rings. The zero-order valence-corrected chi connectivity index (χ0v) is 6.84. The summed E-state index contributed by atoms with van der Waals surface area (Å²) in [5.41, 5.74) is 5.24. The molecule has 0 saturated carbocycles. The van der Waals surface area contributed by atoms with Gasteiger partial charge >= 0.3 is 0 Å². The molecule has 0 bridgehead atoms. The molecule has 4 N–H and O–H groups in total. The first-order valence-electron chi connectivity index (χ1n) is 3.86. The van der Waals surface area contributed by atoms with Gasteiger partial charge in [0.2, 0.25) is 5.91 Å². The van der Waals surface area contributed by atoms with Crippen LogP contribution in [0.2, 0.25) is 0 Å². The maximum Gasteiger partial charge on any atom is 0.239 e. The van der Waals surface area contributed by atoms with Crippen molar-refractivity contribution in [1.82, 2.24) is 5.32 Å². The van der Waals surface area contributed by atoms with Gasteiger partial charge in [-0.15, -0.1) is 0 Å². The van der Waals surface area contributed by atoms with Gasteiger partial charge in [0.05, 0.1) is 6.61 Å². The van der Waals surface area contributed by atoms with Gasteiger partial charge in [-0.2, -0.15) is 0 Å². The molecule has 0 heterocycles. The highest BCUT2D eigenvalue weighted by Gasteiger charge is 2.09. The van der Waals surface area contributed by atoms with Gasteiger partial charge in [-0.25, -0.2) is 0 Å². The number of amides is 1. The molecule has 0 aliphatic carbocycles. The van der Waals surface area contributed by atoms with Crippen LogP contribution in [0.15, 0.2) is 0 Å². The fourth-order valence-corrected chi connectivity index (χ4v) is 0.602. The highest BCUT2D eigenvalue weighted by molar-refractivity contribution is 5.81. The number of hydrogen-bond donors (Lipinski definition) is 3. The summed E-state index contributed by atoms with van der Waals surface area (Å²) < 4.78 is 0. The molecule has 0 fully saturated rings. The fraction of sp³-hybridized carbons (Fsp3) is 0.857. The molecule has 0 spiro atoms. The van der Waals surface area contributed by atoms with Crippen molar-refractivity contribution in [3.05, 3.63) is 0 Å². The van der Waals surface area contributed by atoms with Gasteiger partial charge < -0.3 is 16.2 Å². The van der Waals surface area contributed by atoms with Crippen molar-refractivity contribution in [1.29, 1.82) is 0 Å². The Morgan fingerprint density at radius 1 is 1.73 bits per heavy atom. The third-order valence-electron chi connectivity index (χ3n) is 1.36. The molecular weight excluding hydrogens is 145 g/mol. The number of hydrogen-bond acceptors (Lipinski definition) is 3. The first-order valence-corrected chi connectivity index (χ1v) is 3.86. The second-order valence-corrected chi connectivity index (χ2v) is 2.43. The van der Waals surface area contributed by atoms with Crippen LogP contribution in [0.1, 0.15) is 19.8 Å². The van der Waals surface area contributed by atoms with Gasteiger partial charge in [-0.05, 0) is 6.42 Å². The van der Waals surface area contributed by atoms with Gasteiger partial charge in [-0.3, -0.25) is 4.79 Å². The molecule has 0 rings (SSSR count). The molecule has 0 aromatic carbocycles. The van der Waals surface area contributed by atoms with Crippen LogP contribution in [-0.2, 0) is 4.79 Å². The average Bonchev–Trinajstić information content (AvgIpc) is 2.03. The Balaban J connectivity index is 3.36. The first-order chi connectivity index (χ1) is 5.22. The Hall–Kier alpha value is -0.610. The summed E-state index contributed by atoms with van der Waals surface area (Å²) in [7, 11) is 0. The number of nitrogens with one attached hydrogen (secondary N) is 1. The maximum atomic E-state index is 10.9. The van der Waals surface area contributed by atoms with Gasteiger partial charge in [0.25, 0.3) is 0 Å². The van der Waals surface area contributed by atoms with Crippen molar-refractivity contribution < 1.29 is 9.90 Å². The van der Waals surface area contributed by atoms with Crippen LogP contribution in [0.25, 0.3) is 0 Å². The average molecular weight is 161 g/mol. The number of rotatable bonds is 5. The van der Waals surface area contributed by atoms with Crippen molar-refractivity contribution in [2.45, 2.75) is 25.8 Å². The van der Waals surface area contributed by atoms with Crippen LogP contribution in [0, 0.1) is 0 Å². The molecule has 0 saturated heterocycles. The lowest BCUT2D eigenvalue weighted by molar-refractivity contribution is -0.123. The Kier molecular flexibility index (Phi) is 5.78. The minimum Gasteiger partial charge on any atom is -0.394 e.